The first-order valence-electron chi connectivity index (χ1n) is 26.0. The van der Waals surface area contributed by atoms with Crippen molar-refractivity contribution in [3.05, 3.63) is 0 Å². The molecule has 0 heterocycles. The van der Waals surface area contributed by atoms with Crippen LogP contribution in [0.4, 0.5) is 0 Å². The molecule has 0 radical (unpaired) electrons. The molecule has 0 aliphatic carbocycles. The predicted molar refractivity (Wildman–Crippen MR) is 247 cm³/mol. The van der Waals surface area contributed by atoms with Gasteiger partial charge in [0.25, 0.3) is 0 Å². The minimum Gasteiger partial charge on any atom is -0.462 e. The molecule has 0 aromatic rings. The summed E-state index contributed by atoms with van der Waals surface area (Å²) in [5.74, 6) is -0.853. The molecule has 0 bridgehead atoms. The minimum atomic E-state index is -0.758. The van der Waals surface area contributed by atoms with Gasteiger partial charge in [0.2, 0.25) is 0 Å². The van der Waals surface area contributed by atoms with E-state index in [2.05, 4.69) is 20.8 Å². The Morgan fingerprint density at radius 3 is 0.690 bits per heavy atom. The van der Waals surface area contributed by atoms with Crippen molar-refractivity contribution < 1.29 is 28.6 Å². The highest BCUT2D eigenvalue weighted by molar-refractivity contribution is 5.71. The first-order valence-corrected chi connectivity index (χ1v) is 26.0. The Kier molecular flexibility index (Phi) is 46.8. The Morgan fingerprint density at radius 1 is 0.276 bits per heavy atom. The lowest BCUT2D eigenvalue weighted by Crippen LogP contribution is -2.30. The maximum Gasteiger partial charge on any atom is 0.306 e. The molecule has 58 heavy (non-hydrogen) atoms. The molecule has 0 aromatic carbocycles. The first kappa shape index (κ1) is 56.4. The molecule has 0 saturated carbocycles. The first-order chi connectivity index (χ1) is 28.5. The highest BCUT2D eigenvalue weighted by Gasteiger charge is 2.19. The zero-order chi connectivity index (χ0) is 42.3. The third-order valence-corrected chi connectivity index (χ3v) is 11.9. The van der Waals surface area contributed by atoms with E-state index in [9.17, 15) is 14.4 Å². The summed E-state index contributed by atoms with van der Waals surface area (Å²) in [6, 6.07) is 0. The third kappa shape index (κ3) is 45.5. The Hall–Kier alpha value is -1.59. The van der Waals surface area contributed by atoms with E-state index in [1.807, 2.05) is 0 Å². The Labute approximate surface area is 361 Å². The van der Waals surface area contributed by atoms with E-state index in [0.29, 0.717) is 19.3 Å². The second kappa shape index (κ2) is 48.1. The molecule has 0 fully saturated rings. The number of carbonyl (C=O) groups excluding carboxylic acids is 3. The average molecular weight is 821 g/mol. The lowest BCUT2D eigenvalue weighted by molar-refractivity contribution is -0.167. The van der Waals surface area contributed by atoms with E-state index in [1.54, 1.807) is 0 Å². The summed E-state index contributed by atoms with van der Waals surface area (Å²) < 4.78 is 16.7. The van der Waals surface area contributed by atoms with Gasteiger partial charge in [0.15, 0.2) is 6.10 Å². The van der Waals surface area contributed by atoms with Gasteiger partial charge >= 0.3 is 17.9 Å². The normalized spacial score (nSPS) is 11.8. The molecule has 0 saturated heterocycles. The van der Waals surface area contributed by atoms with E-state index in [4.69, 9.17) is 14.2 Å². The van der Waals surface area contributed by atoms with E-state index in [1.165, 1.54) is 199 Å². The van der Waals surface area contributed by atoms with Crippen molar-refractivity contribution in [2.24, 2.45) is 0 Å². The molecule has 1 unspecified atom stereocenters. The van der Waals surface area contributed by atoms with Crippen LogP contribution in [0, 0.1) is 0 Å². The smallest absolute Gasteiger partial charge is 0.306 e. The minimum absolute atomic E-state index is 0.0627. The van der Waals surface area contributed by atoms with Crippen LogP contribution in [-0.2, 0) is 28.6 Å². The van der Waals surface area contributed by atoms with Crippen molar-refractivity contribution in [1.29, 1.82) is 0 Å². The third-order valence-electron chi connectivity index (χ3n) is 11.9. The van der Waals surface area contributed by atoms with Gasteiger partial charge in [0, 0.05) is 19.3 Å². The Bertz CT molecular complexity index is 859. The largest absolute Gasteiger partial charge is 0.462 e. The number of carbonyl (C=O) groups is 3. The number of hydrogen-bond acceptors (Lipinski definition) is 6. The Balaban J connectivity index is 4.11. The van der Waals surface area contributed by atoms with Gasteiger partial charge < -0.3 is 14.2 Å². The molecule has 0 aromatic heterocycles. The van der Waals surface area contributed by atoms with Crippen LogP contribution in [0.5, 0.6) is 0 Å². The van der Waals surface area contributed by atoms with Crippen LogP contribution < -0.4 is 0 Å². The van der Waals surface area contributed by atoms with Gasteiger partial charge in [-0.25, -0.2) is 0 Å². The molecule has 0 spiro atoms. The van der Waals surface area contributed by atoms with Crippen molar-refractivity contribution in [2.45, 2.75) is 303 Å². The van der Waals surface area contributed by atoms with Crippen molar-refractivity contribution in [2.75, 3.05) is 13.2 Å². The second-order valence-electron chi connectivity index (χ2n) is 17.8. The van der Waals surface area contributed by atoms with Crippen LogP contribution in [-0.4, -0.2) is 37.2 Å². The molecule has 0 rings (SSSR count). The van der Waals surface area contributed by atoms with Crippen molar-refractivity contribution in [3.63, 3.8) is 0 Å². The number of rotatable bonds is 48. The van der Waals surface area contributed by atoms with Gasteiger partial charge in [-0.2, -0.15) is 0 Å². The van der Waals surface area contributed by atoms with E-state index >= 15 is 0 Å². The van der Waals surface area contributed by atoms with Crippen LogP contribution >= 0.6 is 0 Å². The number of esters is 3. The van der Waals surface area contributed by atoms with Crippen molar-refractivity contribution in [3.8, 4) is 0 Å². The molecule has 0 N–H and O–H groups in total. The summed E-state index contributed by atoms with van der Waals surface area (Å²) in [6.07, 6.45) is 51.2. The summed E-state index contributed by atoms with van der Waals surface area (Å²) in [5.41, 5.74) is 0. The molecular formula is C52H100O6. The summed E-state index contributed by atoms with van der Waals surface area (Å²) in [4.78, 5) is 37.7. The van der Waals surface area contributed by atoms with Gasteiger partial charge in [-0.3, -0.25) is 14.4 Å². The van der Waals surface area contributed by atoms with Crippen molar-refractivity contribution in [1.82, 2.24) is 0 Å². The molecule has 1 atom stereocenters. The quantitative estimate of drug-likeness (QED) is 0.0346. The summed E-state index contributed by atoms with van der Waals surface area (Å²) in [5, 5.41) is 0. The van der Waals surface area contributed by atoms with Gasteiger partial charge in [-0.15, -0.1) is 0 Å². The fraction of sp³-hybridized carbons (Fsp3) is 0.942. The number of unbranched alkanes of at least 4 members (excludes halogenated alkanes) is 37. The maximum absolute atomic E-state index is 12.7. The number of hydrogen-bond donors (Lipinski definition) is 0. The predicted octanol–water partition coefficient (Wildman–Crippen LogP) is 16.8. The molecule has 0 aliphatic rings. The fourth-order valence-corrected chi connectivity index (χ4v) is 7.92. The van der Waals surface area contributed by atoms with Crippen LogP contribution in [0.3, 0.4) is 0 Å². The van der Waals surface area contributed by atoms with Crippen LogP contribution in [0.2, 0.25) is 0 Å². The van der Waals surface area contributed by atoms with Gasteiger partial charge in [-0.1, -0.05) is 258 Å². The lowest BCUT2D eigenvalue weighted by Gasteiger charge is -2.18. The molecule has 0 aliphatic heterocycles. The lowest BCUT2D eigenvalue weighted by atomic mass is 10.0. The molecule has 0 amide bonds. The zero-order valence-electron chi connectivity index (χ0n) is 39.3. The van der Waals surface area contributed by atoms with Crippen LogP contribution in [0.1, 0.15) is 297 Å². The van der Waals surface area contributed by atoms with E-state index in [0.717, 1.165) is 57.8 Å². The highest BCUT2D eigenvalue weighted by atomic mass is 16.6. The maximum atomic E-state index is 12.7. The fourth-order valence-electron chi connectivity index (χ4n) is 7.92. The molecule has 6 heteroatoms. The summed E-state index contributed by atoms with van der Waals surface area (Å²) in [7, 11) is 0. The van der Waals surface area contributed by atoms with E-state index < -0.39 is 6.10 Å². The van der Waals surface area contributed by atoms with Crippen LogP contribution in [0.25, 0.3) is 0 Å². The second-order valence-corrected chi connectivity index (χ2v) is 17.8. The number of ether oxygens (including phenoxy) is 3. The van der Waals surface area contributed by atoms with E-state index in [-0.39, 0.29) is 31.1 Å². The Morgan fingerprint density at radius 2 is 0.466 bits per heavy atom. The van der Waals surface area contributed by atoms with Crippen molar-refractivity contribution >= 4 is 17.9 Å². The molecule has 344 valence electrons. The average Bonchev–Trinajstić information content (AvgIpc) is 3.22. The molecular weight excluding hydrogens is 721 g/mol. The SMILES string of the molecule is CCCCCCCCCCCCCCCCCCCCCCC(=O)OCC(COC(=O)CCCCCCCC)OC(=O)CCCCCCCCCCCCCCCC. The van der Waals surface area contributed by atoms with Gasteiger partial charge in [-0.05, 0) is 19.3 Å². The highest BCUT2D eigenvalue weighted by Crippen LogP contribution is 2.17. The standard InChI is InChI=1S/C52H100O6/c1-4-7-10-13-16-18-20-22-24-25-26-27-28-29-31-32-34-36-39-42-45-51(54)57-48-49(47-56-50(53)44-41-38-15-12-9-6-3)58-52(55)46-43-40-37-35-33-30-23-21-19-17-14-11-8-5-2/h49H,4-48H2,1-3H3. The van der Waals surface area contributed by atoms with Gasteiger partial charge in [0.1, 0.15) is 13.2 Å². The summed E-state index contributed by atoms with van der Waals surface area (Å²) >= 11 is 0. The van der Waals surface area contributed by atoms with Gasteiger partial charge in [0.05, 0.1) is 0 Å². The monoisotopic (exact) mass is 821 g/mol. The summed E-state index contributed by atoms with van der Waals surface area (Å²) in [6.45, 7) is 6.63. The molecule has 6 nitrogen and oxygen atoms in total. The zero-order valence-corrected chi connectivity index (χ0v) is 39.3. The van der Waals surface area contributed by atoms with Crippen LogP contribution in [0.15, 0.2) is 0 Å². The topological polar surface area (TPSA) is 78.9 Å².